The third kappa shape index (κ3) is 3.53. The fraction of sp³-hybridized carbons (Fsp3) is 0.250. The van der Waals surface area contributed by atoms with Crippen LogP contribution in [0.3, 0.4) is 0 Å². The van der Waals surface area contributed by atoms with Crippen molar-refractivity contribution < 1.29 is 9.31 Å². The minimum absolute atomic E-state index is 0.148. The molecular formula is C8H11BNO2. The van der Waals surface area contributed by atoms with E-state index in [1.165, 1.54) is 7.69 Å². The van der Waals surface area contributed by atoms with Gasteiger partial charge < -0.3 is 15.0 Å². The van der Waals surface area contributed by atoms with Crippen molar-refractivity contribution >= 4 is 7.69 Å². The molecule has 0 unspecified atom stereocenters. The molecule has 0 amide bonds. The van der Waals surface area contributed by atoms with Gasteiger partial charge in [-0.2, -0.15) is 0 Å². The van der Waals surface area contributed by atoms with E-state index in [4.69, 9.17) is 10.4 Å². The first-order chi connectivity index (χ1) is 5.93. The van der Waals surface area contributed by atoms with Gasteiger partial charge in [-0.1, -0.05) is 30.3 Å². The molecule has 1 aromatic rings. The van der Waals surface area contributed by atoms with Crippen molar-refractivity contribution in [1.29, 1.82) is 0 Å². The highest BCUT2D eigenvalue weighted by Crippen LogP contribution is 1.99. The summed E-state index contributed by atoms with van der Waals surface area (Å²) in [6.07, 6.45) is 0. The Bertz CT molecular complexity index is 205. The Morgan fingerprint density at radius 1 is 1.17 bits per heavy atom. The predicted molar refractivity (Wildman–Crippen MR) is 47.1 cm³/mol. The molecule has 1 radical (unpaired) electrons. The summed E-state index contributed by atoms with van der Waals surface area (Å²) < 4.78 is 9.72. The van der Waals surface area contributed by atoms with Crippen LogP contribution in [-0.2, 0) is 15.9 Å². The second-order valence-corrected chi connectivity index (χ2v) is 2.23. The molecule has 0 atom stereocenters. The summed E-state index contributed by atoms with van der Waals surface area (Å²) in [5.41, 5.74) is 6.18. The van der Waals surface area contributed by atoms with Crippen LogP contribution in [0.5, 0.6) is 0 Å². The summed E-state index contributed by atoms with van der Waals surface area (Å²) >= 11 is 0. The Labute approximate surface area is 72.8 Å². The predicted octanol–water partition coefficient (Wildman–Crippen LogP) is 0.670. The smallest absolute Gasteiger partial charge is 0.409 e. The van der Waals surface area contributed by atoms with Crippen molar-refractivity contribution in [2.24, 2.45) is 5.73 Å². The Morgan fingerprint density at radius 2 is 1.92 bits per heavy atom. The molecule has 1 aromatic carbocycles. The molecule has 12 heavy (non-hydrogen) atoms. The molecule has 3 nitrogen and oxygen atoms in total. The Balaban J connectivity index is 2.16. The van der Waals surface area contributed by atoms with Gasteiger partial charge in [0.15, 0.2) is 0 Å². The first-order valence-corrected chi connectivity index (χ1v) is 3.72. The largest absolute Gasteiger partial charge is 0.489 e. The summed E-state index contributed by atoms with van der Waals surface area (Å²) in [7, 11) is 1.26. The van der Waals surface area contributed by atoms with Gasteiger partial charge in [0.2, 0.25) is 0 Å². The molecule has 0 spiro atoms. The third-order valence-corrected chi connectivity index (χ3v) is 1.33. The molecule has 2 N–H and O–H groups in total. The van der Waals surface area contributed by atoms with E-state index in [0.29, 0.717) is 6.61 Å². The molecule has 0 saturated heterocycles. The van der Waals surface area contributed by atoms with Crippen LogP contribution in [0, 0.1) is 0 Å². The van der Waals surface area contributed by atoms with Crippen LogP contribution in [0.1, 0.15) is 5.56 Å². The number of rotatable bonds is 5. The lowest BCUT2D eigenvalue weighted by atomic mass is 10.2. The quantitative estimate of drug-likeness (QED) is 0.395. The van der Waals surface area contributed by atoms with Gasteiger partial charge in [-0.25, -0.2) is 0 Å². The molecule has 0 aliphatic heterocycles. The lowest BCUT2D eigenvalue weighted by molar-refractivity contribution is 0.219. The minimum Gasteiger partial charge on any atom is -0.409 e. The molecule has 0 heterocycles. The number of hydrogen-bond donors (Lipinski definition) is 1. The zero-order valence-electron chi connectivity index (χ0n) is 6.77. The number of nitrogens with two attached hydrogens (primary N) is 1. The van der Waals surface area contributed by atoms with E-state index >= 15 is 0 Å². The van der Waals surface area contributed by atoms with Gasteiger partial charge in [-0.15, -0.1) is 0 Å². The first-order valence-electron chi connectivity index (χ1n) is 3.72. The summed E-state index contributed by atoms with van der Waals surface area (Å²) in [4.78, 5) is 0. The second-order valence-electron chi connectivity index (χ2n) is 2.23. The van der Waals surface area contributed by atoms with Crippen molar-refractivity contribution in [2.45, 2.75) is 6.61 Å². The maximum Gasteiger partial charge on any atom is 0.489 e. The summed E-state index contributed by atoms with van der Waals surface area (Å²) in [5.74, 6) is 0. The Morgan fingerprint density at radius 3 is 2.58 bits per heavy atom. The maximum atomic E-state index is 5.07. The molecule has 1 rings (SSSR count). The van der Waals surface area contributed by atoms with Crippen LogP contribution < -0.4 is 5.73 Å². The van der Waals surface area contributed by atoms with Crippen LogP contribution >= 0.6 is 0 Å². The van der Waals surface area contributed by atoms with Crippen molar-refractivity contribution in [1.82, 2.24) is 0 Å². The summed E-state index contributed by atoms with van der Waals surface area (Å²) in [6.45, 7) is 0.662. The van der Waals surface area contributed by atoms with Crippen molar-refractivity contribution in [3.05, 3.63) is 35.9 Å². The van der Waals surface area contributed by atoms with E-state index < -0.39 is 0 Å². The standard InChI is InChI=1S/C8H11BNO2/c10-7-12-9-11-6-8-4-2-1-3-5-8/h1-5H,6-7,10H2. The van der Waals surface area contributed by atoms with Crippen LogP contribution in [0.2, 0.25) is 0 Å². The van der Waals surface area contributed by atoms with Crippen molar-refractivity contribution in [3.8, 4) is 0 Å². The van der Waals surface area contributed by atoms with Gasteiger partial charge in [0.05, 0.1) is 13.3 Å². The van der Waals surface area contributed by atoms with Crippen LogP contribution in [-0.4, -0.2) is 14.4 Å². The topological polar surface area (TPSA) is 44.5 Å². The minimum atomic E-state index is 0.148. The molecular weight excluding hydrogens is 153 g/mol. The van der Waals surface area contributed by atoms with Gasteiger partial charge in [-0.3, -0.25) is 0 Å². The van der Waals surface area contributed by atoms with E-state index in [-0.39, 0.29) is 6.73 Å². The fourth-order valence-electron chi connectivity index (χ4n) is 0.792. The van der Waals surface area contributed by atoms with Crippen LogP contribution in [0.25, 0.3) is 0 Å². The van der Waals surface area contributed by atoms with E-state index in [1.807, 2.05) is 30.3 Å². The summed E-state index contributed by atoms with van der Waals surface area (Å²) in [5, 5.41) is 0. The molecule has 0 aliphatic carbocycles. The molecule has 63 valence electrons. The highest BCUT2D eigenvalue weighted by molar-refractivity contribution is 6.17. The number of hydrogen-bond acceptors (Lipinski definition) is 3. The molecule has 4 heteroatoms. The molecule has 0 fully saturated rings. The van der Waals surface area contributed by atoms with Crippen molar-refractivity contribution in [3.63, 3.8) is 0 Å². The molecule has 0 aliphatic rings. The van der Waals surface area contributed by atoms with E-state index in [9.17, 15) is 0 Å². The second kappa shape index (κ2) is 5.77. The van der Waals surface area contributed by atoms with E-state index in [0.717, 1.165) is 5.56 Å². The van der Waals surface area contributed by atoms with Gasteiger partial charge in [0, 0.05) is 0 Å². The highest BCUT2D eigenvalue weighted by Gasteiger charge is 1.93. The van der Waals surface area contributed by atoms with E-state index in [2.05, 4.69) is 4.65 Å². The monoisotopic (exact) mass is 164 g/mol. The zero-order valence-corrected chi connectivity index (χ0v) is 6.77. The van der Waals surface area contributed by atoms with Gasteiger partial charge in [-0.05, 0) is 5.56 Å². The van der Waals surface area contributed by atoms with Gasteiger partial charge in [0.1, 0.15) is 0 Å². The first kappa shape index (κ1) is 9.25. The lowest BCUT2D eigenvalue weighted by Crippen LogP contribution is -2.11. The van der Waals surface area contributed by atoms with E-state index in [1.54, 1.807) is 0 Å². The normalized spacial score (nSPS) is 9.75. The van der Waals surface area contributed by atoms with Gasteiger partial charge in [0.25, 0.3) is 0 Å². The zero-order chi connectivity index (χ0) is 8.65. The van der Waals surface area contributed by atoms with Crippen molar-refractivity contribution in [2.75, 3.05) is 6.73 Å². The fourth-order valence-corrected chi connectivity index (χ4v) is 0.792. The average Bonchev–Trinajstić information content (AvgIpc) is 2.14. The molecule has 0 bridgehead atoms. The Hall–Kier alpha value is -0.835. The van der Waals surface area contributed by atoms with Crippen LogP contribution in [0.4, 0.5) is 0 Å². The van der Waals surface area contributed by atoms with Crippen LogP contribution in [0.15, 0.2) is 30.3 Å². The highest BCUT2D eigenvalue weighted by atomic mass is 16.6. The third-order valence-electron chi connectivity index (χ3n) is 1.33. The molecule has 0 saturated carbocycles. The maximum absolute atomic E-state index is 5.07. The Kier molecular flexibility index (Phi) is 4.45. The lowest BCUT2D eigenvalue weighted by Gasteiger charge is -2.01. The number of benzene rings is 1. The van der Waals surface area contributed by atoms with Gasteiger partial charge >= 0.3 is 7.69 Å². The average molecular weight is 164 g/mol. The molecule has 0 aromatic heterocycles. The SMILES string of the molecule is NCO[B]OCc1ccccc1. The summed E-state index contributed by atoms with van der Waals surface area (Å²) in [6, 6.07) is 9.85.